The van der Waals surface area contributed by atoms with Crippen LogP contribution in [0.4, 0.5) is 5.69 Å². The summed E-state index contributed by atoms with van der Waals surface area (Å²) in [6.45, 7) is 2.18. The topological polar surface area (TPSA) is 49.3 Å². The van der Waals surface area contributed by atoms with Gasteiger partial charge in [0.25, 0.3) is 0 Å². The molecule has 16 heavy (non-hydrogen) atoms. The SMILES string of the molecule is CCc1ccccc1NC(=O)CSCCO. The molecule has 88 valence electrons. The van der Waals surface area contributed by atoms with Gasteiger partial charge in [-0.2, -0.15) is 0 Å². The van der Waals surface area contributed by atoms with Gasteiger partial charge in [0.05, 0.1) is 12.4 Å². The molecule has 1 aromatic rings. The van der Waals surface area contributed by atoms with Gasteiger partial charge in [-0.05, 0) is 18.1 Å². The molecule has 0 bridgehead atoms. The maximum absolute atomic E-state index is 11.5. The van der Waals surface area contributed by atoms with Crippen LogP contribution in [-0.2, 0) is 11.2 Å². The Morgan fingerprint density at radius 1 is 1.44 bits per heavy atom. The lowest BCUT2D eigenvalue weighted by Crippen LogP contribution is -2.15. The molecule has 0 radical (unpaired) electrons. The first-order valence-corrected chi connectivity index (χ1v) is 6.49. The van der Waals surface area contributed by atoms with Crippen LogP contribution in [0.1, 0.15) is 12.5 Å². The highest BCUT2D eigenvalue weighted by atomic mass is 32.2. The molecule has 0 atom stereocenters. The standard InChI is InChI=1S/C12H17NO2S/c1-2-10-5-3-4-6-11(10)13-12(15)9-16-8-7-14/h3-6,14H,2,7-9H2,1H3,(H,13,15). The number of nitrogens with one attached hydrogen (secondary N) is 1. The van der Waals surface area contributed by atoms with Crippen LogP contribution in [0.15, 0.2) is 24.3 Å². The van der Waals surface area contributed by atoms with Gasteiger partial charge in [0.1, 0.15) is 0 Å². The van der Waals surface area contributed by atoms with Crippen LogP contribution >= 0.6 is 11.8 Å². The van der Waals surface area contributed by atoms with Crippen molar-refractivity contribution in [3.8, 4) is 0 Å². The number of benzene rings is 1. The number of amides is 1. The van der Waals surface area contributed by atoms with E-state index in [9.17, 15) is 4.79 Å². The van der Waals surface area contributed by atoms with E-state index in [0.29, 0.717) is 11.5 Å². The van der Waals surface area contributed by atoms with E-state index < -0.39 is 0 Å². The number of hydrogen-bond acceptors (Lipinski definition) is 3. The Morgan fingerprint density at radius 3 is 2.88 bits per heavy atom. The van der Waals surface area contributed by atoms with Gasteiger partial charge in [0.2, 0.25) is 5.91 Å². The monoisotopic (exact) mass is 239 g/mol. The van der Waals surface area contributed by atoms with Crippen LogP contribution in [0.25, 0.3) is 0 Å². The number of aliphatic hydroxyl groups excluding tert-OH is 1. The Labute approximate surface area is 100 Å². The number of aliphatic hydroxyl groups is 1. The van der Waals surface area contributed by atoms with E-state index in [-0.39, 0.29) is 12.5 Å². The zero-order chi connectivity index (χ0) is 11.8. The van der Waals surface area contributed by atoms with Gasteiger partial charge in [-0.3, -0.25) is 4.79 Å². The molecule has 0 fully saturated rings. The zero-order valence-corrected chi connectivity index (χ0v) is 10.2. The van der Waals surface area contributed by atoms with E-state index in [2.05, 4.69) is 12.2 Å². The van der Waals surface area contributed by atoms with E-state index in [1.54, 1.807) is 0 Å². The maximum atomic E-state index is 11.5. The lowest BCUT2D eigenvalue weighted by Gasteiger charge is -2.09. The van der Waals surface area contributed by atoms with Crippen LogP contribution < -0.4 is 5.32 Å². The number of thioether (sulfide) groups is 1. The molecule has 1 rings (SSSR count). The number of carbonyl (C=O) groups is 1. The molecule has 0 aliphatic heterocycles. The fraction of sp³-hybridized carbons (Fsp3) is 0.417. The lowest BCUT2D eigenvalue weighted by atomic mass is 10.1. The van der Waals surface area contributed by atoms with Crippen molar-refractivity contribution >= 4 is 23.4 Å². The van der Waals surface area contributed by atoms with Crippen LogP contribution in [0, 0.1) is 0 Å². The molecule has 0 spiro atoms. The summed E-state index contributed by atoms with van der Waals surface area (Å²) in [6.07, 6.45) is 0.903. The summed E-state index contributed by atoms with van der Waals surface area (Å²) >= 11 is 1.43. The summed E-state index contributed by atoms with van der Waals surface area (Å²) in [6, 6.07) is 7.80. The van der Waals surface area contributed by atoms with Gasteiger partial charge in [-0.1, -0.05) is 25.1 Å². The molecule has 0 saturated carbocycles. The summed E-state index contributed by atoms with van der Waals surface area (Å²) in [7, 11) is 0. The van der Waals surface area contributed by atoms with E-state index in [1.165, 1.54) is 11.8 Å². The highest BCUT2D eigenvalue weighted by Gasteiger charge is 2.04. The Bertz CT molecular complexity index is 342. The highest BCUT2D eigenvalue weighted by Crippen LogP contribution is 2.15. The fourth-order valence-corrected chi connectivity index (χ4v) is 1.90. The number of para-hydroxylation sites is 1. The van der Waals surface area contributed by atoms with Crippen LogP contribution in [-0.4, -0.2) is 29.1 Å². The predicted octanol–water partition coefficient (Wildman–Crippen LogP) is 1.91. The Hall–Kier alpha value is -1.000. The molecular weight excluding hydrogens is 222 g/mol. The lowest BCUT2D eigenvalue weighted by molar-refractivity contribution is -0.113. The second kappa shape index (κ2) is 7.30. The van der Waals surface area contributed by atoms with Crippen molar-refractivity contribution in [2.75, 3.05) is 23.4 Å². The molecule has 0 saturated heterocycles. The number of aryl methyl sites for hydroxylation is 1. The molecule has 1 amide bonds. The van der Waals surface area contributed by atoms with Crippen molar-refractivity contribution in [3.05, 3.63) is 29.8 Å². The van der Waals surface area contributed by atoms with E-state index >= 15 is 0 Å². The average Bonchev–Trinajstić information content (AvgIpc) is 2.30. The molecule has 0 aliphatic rings. The molecule has 0 heterocycles. The third kappa shape index (κ3) is 4.24. The Balaban J connectivity index is 2.49. The average molecular weight is 239 g/mol. The smallest absolute Gasteiger partial charge is 0.234 e. The number of hydrogen-bond donors (Lipinski definition) is 2. The molecule has 3 nitrogen and oxygen atoms in total. The minimum atomic E-state index is -0.0145. The summed E-state index contributed by atoms with van der Waals surface area (Å²) < 4.78 is 0. The number of carbonyl (C=O) groups excluding carboxylic acids is 1. The first-order valence-electron chi connectivity index (χ1n) is 5.34. The van der Waals surface area contributed by atoms with Crippen molar-refractivity contribution in [1.82, 2.24) is 0 Å². The van der Waals surface area contributed by atoms with Crippen molar-refractivity contribution in [2.24, 2.45) is 0 Å². The molecule has 2 N–H and O–H groups in total. The normalized spacial score (nSPS) is 10.1. The van der Waals surface area contributed by atoms with Gasteiger partial charge < -0.3 is 10.4 Å². The van der Waals surface area contributed by atoms with E-state index in [4.69, 9.17) is 5.11 Å². The minimum absolute atomic E-state index is 0.0145. The van der Waals surface area contributed by atoms with E-state index in [1.807, 2.05) is 24.3 Å². The Kier molecular flexibility index (Phi) is 5.96. The van der Waals surface area contributed by atoms with Crippen molar-refractivity contribution in [2.45, 2.75) is 13.3 Å². The molecule has 0 aromatic heterocycles. The highest BCUT2D eigenvalue weighted by molar-refractivity contribution is 7.99. The molecule has 1 aromatic carbocycles. The third-order valence-corrected chi connectivity index (χ3v) is 3.08. The van der Waals surface area contributed by atoms with Gasteiger partial charge >= 0.3 is 0 Å². The first-order chi connectivity index (χ1) is 7.77. The van der Waals surface area contributed by atoms with Gasteiger partial charge in [-0.15, -0.1) is 11.8 Å². The summed E-state index contributed by atoms with van der Waals surface area (Å²) in [5.74, 6) is 0.973. The summed E-state index contributed by atoms with van der Waals surface area (Å²) in [4.78, 5) is 11.5. The van der Waals surface area contributed by atoms with E-state index in [0.717, 1.165) is 17.7 Å². The van der Waals surface area contributed by atoms with Crippen LogP contribution in [0.5, 0.6) is 0 Å². The second-order valence-corrected chi connectivity index (χ2v) is 4.44. The predicted molar refractivity (Wildman–Crippen MR) is 68.9 cm³/mol. The maximum Gasteiger partial charge on any atom is 0.234 e. The molecule has 4 heteroatoms. The van der Waals surface area contributed by atoms with Gasteiger partial charge in [0, 0.05) is 11.4 Å². The zero-order valence-electron chi connectivity index (χ0n) is 9.40. The third-order valence-electron chi connectivity index (χ3n) is 2.14. The molecule has 0 aliphatic carbocycles. The Morgan fingerprint density at radius 2 is 2.19 bits per heavy atom. The number of anilines is 1. The summed E-state index contributed by atoms with van der Waals surface area (Å²) in [5, 5.41) is 11.5. The van der Waals surface area contributed by atoms with Gasteiger partial charge in [-0.25, -0.2) is 0 Å². The largest absolute Gasteiger partial charge is 0.396 e. The minimum Gasteiger partial charge on any atom is -0.396 e. The molecular formula is C12H17NO2S. The fourth-order valence-electron chi connectivity index (χ4n) is 1.37. The summed E-state index contributed by atoms with van der Waals surface area (Å²) in [5.41, 5.74) is 2.03. The first kappa shape index (κ1) is 13.1. The van der Waals surface area contributed by atoms with Crippen LogP contribution in [0.3, 0.4) is 0 Å². The second-order valence-electron chi connectivity index (χ2n) is 3.34. The van der Waals surface area contributed by atoms with Crippen LogP contribution in [0.2, 0.25) is 0 Å². The number of rotatable bonds is 6. The van der Waals surface area contributed by atoms with Crippen molar-refractivity contribution in [3.63, 3.8) is 0 Å². The molecule has 0 unspecified atom stereocenters. The van der Waals surface area contributed by atoms with Gasteiger partial charge in [0.15, 0.2) is 0 Å². The van der Waals surface area contributed by atoms with Crippen molar-refractivity contribution < 1.29 is 9.90 Å². The quantitative estimate of drug-likeness (QED) is 0.746. The van der Waals surface area contributed by atoms with Crippen molar-refractivity contribution in [1.29, 1.82) is 0 Å².